The quantitative estimate of drug-likeness (QED) is 0.640. The summed E-state index contributed by atoms with van der Waals surface area (Å²) in [4.78, 5) is 14.8. The number of aryl methyl sites for hydroxylation is 1. The van der Waals surface area contributed by atoms with Gasteiger partial charge in [0.05, 0.1) is 11.4 Å². The van der Waals surface area contributed by atoms with E-state index in [1.807, 2.05) is 53.2 Å². The number of hydrogen-bond acceptors (Lipinski definition) is 3. The van der Waals surface area contributed by atoms with E-state index in [0.717, 1.165) is 48.7 Å². The summed E-state index contributed by atoms with van der Waals surface area (Å²) in [5, 5.41) is 7.89. The van der Waals surface area contributed by atoms with Crippen molar-refractivity contribution >= 4 is 5.91 Å². The molecule has 29 heavy (non-hydrogen) atoms. The Hall–Kier alpha value is -2.92. The van der Waals surface area contributed by atoms with E-state index in [9.17, 15) is 4.79 Å². The van der Waals surface area contributed by atoms with Gasteiger partial charge in [0.25, 0.3) is 0 Å². The Labute approximate surface area is 172 Å². The van der Waals surface area contributed by atoms with Crippen LogP contribution in [0.4, 0.5) is 0 Å². The summed E-state index contributed by atoms with van der Waals surface area (Å²) in [6.45, 7) is 4.00. The fraction of sp³-hybridized carbons (Fsp3) is 0.333. The Bertz CT molecular complexity index is 915. The van der Waals surface area contributed by atoms with Crippen LogP contribution in [0.25, 0.3) is 16.9 Å². The second kappa shape index (κ2) is 9.52. The Kier molecular flexibility index (Phi) is 6.37. The molecule has 5 heteroatoms. The molecule has 0 saturated carbocycles. The van der Waals surface area contributed by atoms with Crippen molar-refractivity contribution in [1.82, 2.24) is 20.0 Å². The fourth-order valence-electron chi connectivity index (χ4n) is 3.84. The summed E-state index contributed by atoms with van der Waals surface area (Å²) in [5.41, 5.74) is 4.13. The first-order chi connectivity index (χ1) is 14.3. The van der Waals surface area contributed by atoms with Gasteiger partial charge in [0, 0.05) is 31.3 Å². The molecule has 0 atom stereocenters. The number of aromatic nitrogens is 2. The number of para-hydroxylation sites is 1. The van der Waals surface area contributed by atoms with Crippen molar-refractivity contribution in [2.45, 2.75) is 25.7 Å². The molecule has 0 bridgehead atoms. The average molecular weight is 389 g/mol. The van der Waals surface area contributed by atoms with Crippen LogP contribution in [0.3, 0.4) is 0 Å². The van der Waals surface area contributed by atoms with Crippen molar-refractivity contribution in [3.63, 3.8) is 0 Å². The van der Waals surface area contributed by atoms with Crippen molar-refractivity contribution in [3.05, 3.63) is 72.4 Å². The van der Waals surface area contributed by atoms with Crippen molar-refractivity contribution in [1.29, 1.82) is 0 Å². The van der Waals surface area contributed by atoms with Gasteiger partial charge in [-0.1, -0.05) is 48.5 Å². The number of carbonyl (C=O) groups excluding carboxylic acids is 1. The minimum Gasteiger partial charge on any atom is -0.355 e. The number of likely N-dealkylation sites (tertiary alicyclic amines) is 1. The van der Waals surface area contributed by atoms with Gasteiger partial charge in [-0.2, -0.15) is 5.10 Å². The second-order valence-electron chi connectivity index (χ2n) is 7.55. The molecule has 150 valence electrons. The average Bonchev–Trinajstić information content (AvgIpc) is 3.44. The van der Waals surface area contributed by atoms with Crippen LogP contribution >= 0.6 is 0 Å². The van der Waals surface area contributed by atoms with Gasteiger partial charge in [-0.25, -0.2) is 4.68 Å². The van der Waals surface area contributed by atoms with Crippen LogP contribution in [0.15, 0.2) is 66.9 Å². The first-order valence-electron chi connectivity index (χ1n) is 10.5. The summed E-state index contributed by atoms with van der Waals surface area (Å²) in [6.07, 6.45) is 5.76. The van der Waals surface area contributed by atoms with Gasteiger partial charge in [-0.3, -0.25) is 4.79 Å². The predicted octanol–water partition coefficient (Wildman–Crippen LogP) is 3.68. The molecule has 0 aliphatic carbocycles. The molecule has 0 unspecified atom stereocenters. The summed E-state index contributed by atoms with van der Waals surface area (Å²) >= 11 is 0. The lowest BCUT2D eigenvalue weighted by molar-refractivity contribution is -0.121. The van der Waals surface area contributed by atoms with E-state index in [4.69, 9.17) is 5.10 Å². The number of nitrogens with one attached hydrogen (secondary N) is 1. The Balaban J connectivity index is 1.42. The molecule has 4 rings (SSSR count). The van der Waals surface area contributed by atoms with Gasteiger partial charge in [0.15, 0.2) is 0 Å². The van der Waals surface area contributed by atoms with Gasteiger partial charge in [0.2, 0.25) is 5.91 Å². The molecule has 1 aromatic heterocycles. The van der Waals surface area contributed by atoms with Crippen molar-refractivity contribution < 1.29 is 4.79 Å². The highest BCUT2D eigenvalue weighted by Gasteiger charge is 2.14. The lowest BCUT2D eigenvalue weighted by Crippen LogP contribution is -2.33. The molecule has 1 aliphatic heterocycles. The van der Waals surface area contributed by atoms with Crippen LogP contribution in [0.2, 0.25) is 0 Å². The zero-order valence-electron chi connectivity index (χ0n) is 16.8. The maximum absolute atomic E-state index is 12.4. The van der Waals surface area contributed by atoms with Gasteiger partial charge < -0.3 is 10.2 Å². The van der Waals surface area contributed by atoms with Crippen molar-refractivity contribution in [2.24, 2.45) is 0 Å². The first kappa shape index (κ1) is 19.4. The van der Waals surface area contributed by atoms with Crippen LogP contribution in [-0.2, 0) is 11.2 Å². The maximum Gasteiger partial charge on any atom is 0.220 e. The predicted molar refractivity (Wildman–Crippen MR) is 116 cm³/mol. The summed E-state index contributed by atoms with van der Waals surface area (Å²) in [6, 6.07) is 20.3. The van der Waals surface area contributed by atoms with E-state index >= 15 is 0 Å². The minimum absolute atomic E-state index is 0.107. The standard InChI is InChI=1S/C24H28N4O/c29-23(25-15-18-27-16-7-8-17-27)14-13-21-19-28(22-11-5-2-6-12-22)26-24(21)20-9-3-1-4-10-20/h1-6,9-12,19H,7-8,13-18H2,(H,25,29). The second-order valence-corrected chi connectivity index (χ2v) is 7.55. The molecule has 1 fully saturated rings. The largest absolute Gasteiger partial charge is 0.355 e. The smallest absolute Gasteiger partial charge is 0.220 e. The fourth-order valence-corrected chi connectivity index (χ4v) is 3.84. The third-order valence-corrected chi connectivity index (χ3v) is 5.43. The van der Waals surface area contributed by atoms with Crippen LogP contribution < -0.4 is 5.32 Å². The lowest BCUT2D eigenvalue weighted by Gasteiger charge is -2.14. The van der Waals surface area contributed by atoms with Gasteiger partial charge >= 0.3 is 0 Å². The SMILES string of the molecule is O=C(CCc1cn(-c2ccccc2)nc1-c1ccccc1)NCCN1CCCC1. The zero-order chi connectivity index (χ0) is 19.9. The molecule has 5 nitrogen and oxygen atoms in total. The normalized spacial score (nSPS) is 14.2. The molecule has 1 saturated heterocycles. The number of hydrogen-bond donors (Lipinski definition) is 1. The van der Waals surface area contributed by atoms with Crippen LogP contribution in [0, 0.1) is 0 Å². The number of rotatable bonds is 8. The highest BCUT2D eigenvalue weighted by molar-refractivity contribution is 5.76. The molecule has 2 heterocycles. The van der Waals surface area contributed by atoms with E-state index in [1.165, 1.54) is 12.8 Å². The highest BCUT2D eigenvalue weighted by Crippen LogP contribution is 2.24. The van der Waals surface area contributed by atoms with Crippen LogP contribution in [0.5, 0.6) is 0 Å². The number of amides is 1. The molecule has 1 N–H and O–H groups in total. The number of carbonyl (C=O) groups is 1. The van der Waals surface area contributed by atoms with Gasteiger partial charge in [-0.15, -0.1) is 0 Å². The molecular formula is C24H28N4O. The number of nitrogens with zero attached hydrogens (tertiary/aromatic N) is 3. The summed E-state index contributed by atoms with van der Waals surface area (Å²) in [7, 11) is 0. The Morgan fingerprint density at radius 2 is 1.66 bits per heavy atom. The lowest BCUT2D eigenvalue weighted by atomic mass is 10.0. The van der Waals surface area contributed by atoms with Gasteiger partial charge in [0.1, 0.15) is 0 Å². The van der Waals surface area contributed by atoms with E-state index in [1.54, 1.807) is 0 Å². The highest BCUT2D eigenvalue weighted by atomic mass is 16.1. The van der Waals surface area contributed by atoms with Crippen LogP contribution in [-0.4, -0.2) is 46.8 Å². The first-order valence-corrected chi connectivity index (χ1v) is 10.5. The van der Waals surface area contributed by atoms with E-state index in [-0.39, 0.29) is 5.91 Å². The van der Waals surface area contributed by atoms with E-state index < -0.39 is 0 Å². The molecular weight excluding hydrogens is 360 g/mol. The third kappa shape index (κ3) is 5.12. The molecule has 1 amide bonds. The van der Waals surface area contributed by atoms with Gasteiger partial charge in [-0.05, 0) is 50.0 Å². The number of benzene rings is 2. The minimum atomic E-state index is 0.107. The monoisotopic (exact) mass is 388 g/mol. The van der Waals surface area contributed by atoms with Crippen molar-refractivity contribution in [3.8, 4) is 16.9 Å². The maximum atomic E-state index is 12.4. The molecule has 0 spiro atoms. The molecule has 2 aromatic carbocycles. The Morgan fingerprint density at radius 3 is 2.38 bits per heavy atom. The van der Waals surface area contributed by atoms with E-state index in [0.29, 0.717) is 12.8 Å². The third-order valence-electron chi connectivity index (χ3n) is 5.43. The zero-order valence-corrected chi connectivity index (χ0v) is 16.8. The van der Waals surface area contributed by atoms with Crippen LogP contribution in [0.1, 0.15) is 24.8 Å². The van der Waals surface area contributed by atoms with E-state index in [2.05, 4.69) is 28.5 Å². The summed E-state index contributed by atoms with van der Waals surface area (Å²) < 4.78 is 1.91. The molecule has 0 radical (unpaired) electrons. The summed E-state index contributed by atoms with van der Waals surface area (Å²) in [5.74, 6) is 0.107. The molecule has 1 aliphatic rings. The Morgan fingerprint density at radius 1 is 0.966 bits per heavy atom. The van der Waals surface area contributed by atoms with Crippen molar-refractivity contribution in [2.75, 3.05) is 26.2 Å². The topological polar surface area (TPSA) is 50.2 Å². The molecule has 3 aromatic rings.